The van der Waals surface area contributed by atoms with Crippen LogP contribution in [0, 0.1) is 0 Å². The molecule has 0 aliphatic heterocycles. The number of rotatable bonds is 3. The van der Waals surface area contributed by atoms with Crippen LogP contribution in [0.25, 0.3) is 11.0 Å². The average Bonchev–Trinajstić information content (AvgIpc) is 2.71. The fraction of sp³-hybridized carbons (Fsp3) is 0.273. The van der Waals surface area contributed by atoms with Crippen molar-refractivity contribution in [2.75, 3.05) is 13.7 Å². The molecule has 0 atom stereocenters. The van der Waals surface area contributed by atoms with Crippen molar-refractivity contribution in [3.05, 3.63) is 23.9 Å². The molecule has 0 fully saturated rings. The zero-order valence-electron chi connectivity index (χ0n) is 9.11. The van der Waals surface area contributed by atoms with Crippen LogP contribution >= 0.6 is 0 Å². The Morgan fingerprint density at radius 1 is 1.50 bits per heavy atom. The smallest absolute Gasteiger partial charge is 0.341 e. The lowest BCUT2D eigenvalue weighted by Crippen LogP contribution is -2.04. The molecule has 0 saturated carbocycles. The van der Waals surface area contributed by atoms with Gasteiger partial charge in [0.05, 0.1) is 19.2 Å². The Bertz CT molecular complexity index is 519. The monoisotopic (exact) mass is 220 g/mol. The minimum absolute atomic E-state index is 0.343. The lowest BCUT2D eigenvalue weighted by Gasteiger charge is -2.00. The van der Waals surface area contributed by atoms with Gasteiger partial charge in [-0.25, -0.2) is 9.78 Å². The van der Waals surface area contributed by atoms with Gasteiger partial charge in [0.1, 0.15) is 11.1 Å². The standard InChI is InChI=1S/C11H12N2O3/c1-3-16-11(14)7-6-12-8-4-5-9(15-2)13-10(7)8/h4-6,12H,3H2,1-2H3. The third kappa shape index (κ3) is 1.71. The summed E-state index contributed by atoms with van der Waals surface area (Å²) in [7, 11) is 1.53. The summed E-state index contributed by atoms with van der Waals surface area (Å²) < 4.78 is 9.94. The lowest BCUT2D eigenvalue weighted by atomic mass is 10.2. The number of nitrogens with one attached hydrogen (secondary N) is 1. The summed E-state index contributed by atoms with van der Waals surface area (Å²) in [6, 6.07) is 3.54. The third-order valence-electron chi connectivity index (χ3n) is 2.20. The van der Waals surface area contributed by atoms with Crippen molar-refractivity contribution in [3.8, 4) is 5.88 Å². The van der Waals surface area contributed by atoms with E-state index in [1.54, 1.807) is 19.2 Å². The van der Waals surface area contributed by atoms with Gasteiger partial charge in [0.25, 0.3) is 0 Å². The second kappa shape index (κ2) is 4.22. The van der Waals surface area contributed by atoms with E-state index in [1.165, 1.54) is 7.11 Å². The first-order valence-electron chi connectivity index (χ1n) is 4.95. The Balaban J connectivity index is 2.49. The number of pyridine rings is 1. The quantitative estimate of drug-likeness (QED) is 0.800. The summed E-state index contributed by atoms with van der Waals surface area (Å²) in [6.07, 6.45) is 1.59. The number of aromatic nitrogens is 2. The molecule has 1 N–H and O–H groups in total. The largest absolute Gasteiger partial charge is 0.481 e. The number of hydrogen-bond acceptors (Lipinski definition) is 4. The van der Waals surface area contributed by atoms with Gasteiger partial charge in [-0.15, -0.1) is 0 Å². The highest BCUT2D eigenvalue weighted by molar-refractivity contribution is 6.02. The van der Waals surface area contributed by atoms with Crippen molar-refractivity contribution in [1.82, 2.24) is 9.97 Å². The van der Waals surface area contributed by atoms with Gasteiger partial charge >= 0.3 is 5.97 Å². The van der Waals surface area contributed by atoms with Crippen LogP contribution < -0.4 is 4.74 Å². The van der Waals surface area contributed by atoms with Crippen LogP contribution in [-0.4, -0.2) is 29.7 Å². The summed E-state index contributed by atoms with van der Waals surface area (Å²) in [5.74, 6) is 0.0900. The Hall–Kier alpha value is -2.04. The maximum atomic E-state index is 11.6. The lowest BCUT2D eigenvalue weighted by molar-refractivity contribution is 0.0528. The van der Waals surface area contributed by atoms with Gasteiger partial charge in [0.2, 0.25) is 5.88 Å². The number of carbonyl (C=O) groups is 1. The molecule has 2 heterocycles. The van der Waals surface area contributed by atoms with Crippen LogP contribution in [0.5, 0.6) is 5.88 Å². The molecule has 5 heteroatoms. The number of carbonyl (C=O) groups excluding carboxylic acids is 1. The van der Waals surface area contributed by atoms with Crippen molar-refractivity contribution >= 4 is 17.0 Å². The fourth-order valence-corrected chi connectivity index (χ4v) is 1.46. The summed E-state index contributed by atoms with van der Waals surface area (Å²) >= 11 is 0. The van der Waals surface area contributed by atoms with E-state index in [2.05, 4.69) is 9.97 Å². The van der Waals surface area contributed by atoms with E-state index < -0.39 is 0 Å². The second-order valence-electron chi connectivity index (χ2n) is 3.17. The van der Waals surface area contributed by atoms with E-state index in [-0.39, 0.29) is 5.97 Å². The first-order chi connectivity index (χ1) is 7.76. The Morgan fingerprint density at radius 3 is 3.00 bits per heavy atom. The van der Waals surface area contributed by atoms with Gasteiger partial charge in [-0.3, -0.25) is 0 Å². The number of hydrogen-bond donors (Lipinski definition) is 1. The Kier molecular flexibility index (Phi) is 2.76. The molecule has 5 nitrogen and oxygen atoms in total. The topological polar surface area (TPSA) is 64.2 Å². The molecule has 0 aliphatic rings. The first kappa shape index (κ1) is 10.5. The highest BCUT2D eigenvalue weighted by Crippen LogP contribution is 2.20. The van der Waals surface area contributed by atoms with Gasteiger partial charge in [-0.1, -0.05) is 0 Å². The molecule has 0 aromatic carbocycles. The molecule has 0 radical (unpaired) electrons. The molecule has 0 amide bonds. The number of H-pyrrole nitrogens is 1. The zero-order chi connectivity index (χ0) is 11.5. The van der Waals surface area contributed by atoms with Crippen LogP contribution in [0.3, 0.4) is 0 Å². The summed E-state index contributed by atoms with van der Waals surface area (Å²) in [4.78, 5) is 18.8. The van der Waals surface area contributed by atoms with Crippen LogP contribution in [0.1, 0.15) is 17.3 Å². The normalized spacial score (nSPS) is 10.4. The first-order valence-corrected chi connectivity index (χ1v) is 4.95. The maximum Gasteiger partial charge on any atom is 0.341 e. The second-order valence-corrected chi connectivity index (χ2v) is 3.17. The molecule has 0 aliphatic carbocycles. The molecular weight excluding hydrogens is 208 g/mol. The predicted octanol–water partition coefficient (Wildman–Crippen LogP) is 1.75. The molecule has 2 aromatic rings. The van der Waals surface area contributed by atoms with E-state index in [0.29, 0.717) is 23.6 Å². The third-order valence-corrected chi connectivity index (χ3v) is 2.20. The maximum absolute atomic E-state index is 11.6. The van der Waals surface area contributed by atoms with Crippen molar-refractivity contribution in [2.45, 2.75) is 6.92 Å². The molecule has 0 spiro atoms. The molecule has 0 unspecified atom stereocenters. The number of esters is 1. The van der Waals surface area contributed by atoms with Gasteiger partial charge in [-0.2, -0.15) is 0 Å². The van der Waals surface area contributed by atoms with E-state index >= 15 is 0 Å². The molecular formula is C11H12N2O3. The van der Waals surface area contributed by atoms with Gasteiger partial charge in [0, 0.05) is 12.3 Å². The van der Waals surface area contributed by atoms with Crippen molar-refractivity contribution in [3.63, 3.8) is 0 Å². The Labute approximate surface area is 92.4 Å². The Morgan fingerprint density at radius 2 is 2.31 bits per heavy atom. The number of nitrogens with zero attached hydrogens (tertiary/aromatic N) is 1. The summed E-state index contributed by atoms with van der Waals surface area (Å²) in [5, 5.41) is 0. The van der Waals surface area contributed by atoms with E-state index in [1.807, 2.05) is 6.07 Å². The molecule has 0 saturated heterocycles. The van der Waals surface area contributed by atoms with Crippen molar-refractivity contribution in [2.24, 2.45) is 0 Å². The van der Waals surface area contributed by atoms with Crippen LogP contribution in [0.4, 0.5) is 0 Å². The van der Waals surface area contributed by atoms with Crippen molar-refractivity contribution in [1.29, 1.82) is 0 Å². The zero-order valence-corrected chi connectivity index (χ0v) is 9.11. The highest BCUT2D eigenvalue weighted by atomic mass is 16.5. The molecule has 2 aromatic heterocycles. The molecule has 84 valence electrons. The fourth-order valence-electron chi connectivity index (χ4n) is 1.46. The van der Waals surface area contributed by atoms with Gasteiger partial charge < -0.3 is 14.5 Å². The van der Waals surface area contributed by atoms with E-state index in [9.17, 15) is 4.79 Å². The average molecular weight is 220 g/mol. The minimum atomic E-state index is -0.380. The highest BCUT2D eigenvalue weighted by Gasteiger charge is 2.14. The number of methoxy groups -OCH3 is 1. The number of fused-ring (bicyclic) bond motifs is 1. The molecule has 16 heavy (non-hydrogen) atoms. The molecule has 2 rings (SSSR count). The van der Waals surface area contributed by atoms with Crippen LogP contribution in [-0.2, 0) is 4.74 Å². The number of aromatic amines is 1. The minimum Gasteiger partial charge on any atom is -0.481 e. The van der Waals surface area contributed by atoms with Gasteiger partial charge in [-0.05, 0) is 13.0 Å². The molecule has 0 bridgehead atoms. The summed E-state index contributed by atoms with van der Waals surface area (Å²) in [5.41, 5.74) is 1.78. The van der Waals surface area contributed by atoms with Crippen LogP contribution in [0.2, 0.25) is 0 Å². The summed E-state index contributed by atoms with van der Waals surface area (Å²) in [6.45, 7) is 2.11. The van der Waals surface area contributed by atoms with Gasteiger partial charge in [0.15, 0.2) is 0 Å². The number of ether oxygens (including phenoxy) is 2. The van der Waals surface area contributed by atoms with E-state index in [0.717, 1.165) is 5.52 Å². The van der Waals surface area contributed by atoms with Crippen LogP contribution in [0.15, 0.2) is 18.3 Å². The van der Waals surface area contributed by atoms with E-state index in [4.69, 9.17) is 9.47 Å². The van der Waals surface area contributed by atoms with Crippen molar-refractivity contribution < 1.29 is 14.3 Å². The predicted molar refractivity (Wildman–Crippen MR) is 58.6 cm³/mol. The SMILES string of the molecule is CCOC(=O)c1c[nH]c2ccc(OC)nc12.